The number of anilines is 2. The van der Waals surface area contributed by atoms with Crippen molar-refractivity contribution in [3.63, 3.8) is 0 Å². The first kappa shape index (κ1) is 14.3. The molecule has 2 aromatic rings. The lowest BCUT2D eigenvalue weighted by molar-refractivity contribution is 0.198. The summed E-state index contributed by atoms with van der Waals surface area (Å²) in [6, 6.07) is 6.34. The van der Waals surface area contributed by atoms with Crippen molar-refractivity contribution < 1.29 is 5.11 Å². The molecule has 0 bridgehead atoms. The number of aliphatic hydroxyl groups excluding tert-OH is 1. The predicted octanol–water partition coefficient (Wildman–Crippen LogP) is 1.17. The highest BCUT2D eigenvalue weighted by Crippen LogP contribution is 2.35. The van der Waals surface area contributed by atoms with Crippen molar-refractivity contribution in [2.24, 2.45) is 0 Å². The Morgan fingerprint density at radius 2 is 2.13 bits per heavy atom. The molecule has 0 amide bonds. The minimum atomic E-state index is -0.234. The first-order valence-electron chi connectivity index (χ1n) is 7.96. The standard InChI is InChI=1S/C17H20N4O2/c1-11-16(7-18-19-17(11)23)21-8-12-3-2-4-15(14(12)10-21)20-6-5-13(22)9-20/h2-4,7,13,22H,5-6,8-10H2,1H3,(H,19,23). The Morgan fingerprint density at radius 3 is 2.91 bits per heavy atom. The Hall–Kier alpha value is -2.34. The maximum atomic E-state index is 11.8. The van der Waals surface area contributed by atoms with Gasteiger partial charge in [0.15, 0.2) is 0 Å². The van der Waals surface area contributed by atoms with Crippen LogP contribution in [0.4, 0.5) is 11.4 Å². The highest BCUT2D eigenvalue weighted by atomic mass is 16.3. The lowest BCUT2D eigenvalue weighted by atomic mass is 10.1. The van der Waals surface area contributed by atoms with E-state index < -0.39 is 0 Å². The van der Waals surface area contributed by atoms with E-state index in [1.54, 1.807) is 6.20 Å². The number of H-pyrrole nitrogens is 1. The van der Waals surface area contributed by atoms with Crippen molar-refractivity contribution in [1.29, 1.82) is 0 Å². The summed E-state index contributed by atoms with van der Waals surface area (Å²) in [6.45, 7) is 4.97. The lowest BCUT2D eigenvalue weighted by Crippen LogP contribution is -2.23. The summed E-state index contributed by atoms with van der Waals surface area (Å²) >= 11 is 0. The van der Waals surface area contributed by atoms with E-state index in [-0.39, 0.29) is 11.7 Å². The summed E-state index contributed by atoms with van der Waals surface area (Å²) in [5, 5.41) is 16.2. The molecule has 0 aliphatic carbocycles. The van der Waals surface area contributed by atoms with Gasteiger partial charge in [0, 0.05) is 37.4 Å². The van der Waals surface area contributed by atoms with Crippen LogP contribution in [0.25, 0.3) is 0 Å². The summed E-state index contributed by atoms with van der Waals surface area (Å²) in [5.41, 5.74) is 5.23. The van der Waals surface area contributed by atoms with Crippen LogP contribution in [0.3, 0.4) is 0 Å². The van der Waals surface area contributed by atoms with Crippen LogP contribution in [0.1, 0.15) is 23.1 Å². The number of nitrogens with zero attached hydrogens (tertiary/aromatic N) is 3. The summed E-state index contributed by atoms with van der Waals surface area (Å²) in [6.07, 6.45) is 2.31. The zero-order chi connectivity index (χ0) is 16.0. The molecule has 2 aliphatic rings. The van der Waals surface area contributed by atoms with E-state index in [9.17, 15) is 9.90 Å². The fourth-order valence-corrected chi connectivity index (χ4v) is 3.60. The van der Waals surface area contributed by atoms with Crippen LogP contribution in [0.5, 0.6) is 0 Å². The zero-order valence-electron chi connectivity index (χ0n) is 13.1. The first-order valence-corrected chi connectivity index (χ1v) is 7.96. The Labute approximate surface area is 134 Å². The molecule has 4 rings (SSSR count). The summed E-state index contributed by atoms with van der Waals surface area (Å²) in [7, 11) is 0. The molecule has 1 aromatic carbocycles. The number of aromatic nitrogens is 2. The van der Waals surface area contributed by atoms with Crippen molar-refractivity contribution in [1.82, 2.24) is 10.2 Å². The number of hydrogen-bond donors (Lipinski definition) is 2. The minimum absolute atomic E-state index is 0.138. The molecule has 1 unspecified atom stereocenters. The second-order valence-electron chi connectivity index (χ2n) is 6.37. The Balaban J connectivity index is 1.67. The first-order chi connectivity index (χ1) is 11.1. The molecule has 0 radical (unpaired) electrons. The smallest absolute Gasteiger partial charge is 0.269 e. The van der Waals surface area contributed by atoms with Gasteiger partial charge in [0.2, 0.25) is 0 Å². The van der Waals surface area contributed by atoms with Crippen LogP contribution in [0, 0.1) is 6.92 Å². The second kappa shape index (κ2) is 5.38. The van der Waals surface area contributed by atoms with Gasteiger partial charge in [-0.25, -0.2) is 5.10 Å². The van der Waals surface area contributed by atoms with Crippen LogP contribution in [-0.2, 0) is 13.1 Å². The third kappa shape index (κ3) is 2.39. The van der Waals surface area contributed by atoms with Crippen molar-refractivity contribution in [2.45, 2.75) is 32.5 Å². The molecule has 6 heteroatoms. The molecule has 6 nitrogen and oxygen atoms in total. The van der Waals surface area contributed by atoms with Crippen molar-refractivity contribution in [3.8, 4) is 0 Å². The molecule has 120 valence electrons. The van der Waals surface area contributed by atoms with E-state index in [2.05, 4.69) is 38.2 Å². The molecular weight excluding hydrogens is 292 g/mol. The topological polar surface area (TPSA) is 72.5 Å². The summed E-state index contributed by atoms with van der Waals surface area (Å²) in [5.74, 6) is 0. The van der Waals surface area contributed by atoms with Gasteiger partial charge in [-0.15, -0.1) is 0 Å². The van der Waals surface area contributed by atoms with Gasteiger partial charge in [-0.2, -0.15) is 5.10 Å². The fourth-order valence-electron chi connectivity index (χ4n) is 3.60. The van der Waals surface area contributed by atoms with E-state index >= 15 is 0 Å². The summed E-state index contributed by atoms with van der Waals surface area (Å²) in [4.78, 5) is 16.3. The molecule has 2 N–H and O–H groups in total. The fraction of sp³-hybridized carbons (Fsp3) is 0.412. The van der Waals surface area contributed by atoms with Crippen LogP contribution in [0.15, 0.2) is 29.2 Å². The highest BCUT2D eigenvalue weighted by Gasteiger charge is 2.28. The van der Waals surface area contributed by atoms with E-state index in [1.807, 2.05) is 6.92 Å². The van der Waals surface area contributed by atoms with Crippen LogP contribution >= 0.6 is 0 Å². The molecule has 2 aliphatic heterocycles. The number of β-amino-alcohol motifs (C(OH)–C–C–N with tert-alkyl or cyclic N) is 1. The van der Waals surface area contributed by atoms with Crippen molar-refractivity contribution >= 4 is 11.4 Å². The Morgan fingerprint density at radius 1 is 1.26 bits per heavy atom. The normalized spacial score (nSPS) is 20.2. The van der Waals surface area contributed by atoms with Crippen molar-refractivity contribution in [3.05, 3.63) is 51.4 Å². The quantitative estimate of drug-likeness (QED) is 0.871. The van der Waals surface area contributed by atoms with E-state index in [1.165, 1.54) is 16.8 Å². The number of aromatic amines is 1. The molecule has 0 saturated carbocycles. The number of aliphatic hydroxyl groups is 1. The third-order valence-corrected chi connectivity index (χ3v) is 4.88. The average Bonchev–Trinajstić information content (AvgIpc) is 3.15. The van der Waals surface area contributed by atoms with Crippen LogP contribution in [0.2, 0.25) is 0 Å². The number of nitrogens with one attached hydrogen (secondary N) is 1. The number of hydrogen-bond acceptors (Lipinski definition) is 5. The van der Waals surface area contributed by atoms with E-state index in [0.717, 1.165) is 31.7 Å². The lowest BCUT2D eigenvalue weighted by Gasteiger charge is -2.22. The van der Waals surface area contributed by atoms with Gasteiger partial charge in [-0.1, -0.05) is 12.1 Å². The Bertz CT molecular complexity index is 801. The Kier molecular flexibility index (Phi) is 3.34. The zero-order valence-corrected chi connectivity index (χ0v) is 13.1. The van der Waals surface area contributed by atoms with Gasteiger partial charge in [-0.3, -0.25) is 4.79 Å². The monoisotopic (exact) mass is 312 g/mol. The molecule has 1 fully saturated rings. The third-order valence-electron chi connectivity index (χ3n) is 4.88. The van der Waals surface area contributed by atoms with Gasteiger partial charge in [0.1, 0.15) is 0 Å². The van der Waals surface area contributed by atoms with Crippen LogP contribution in [-0.4, -0.2) is 34.5 Å². The number of fused-ring (bicyclic) bond motifs is 1. The van der Waals surface area contributed by atoms with Crippen LogP contribution < -0.4 is 15.4 Å². The predicted molar refractivity (Wildman–Crippen MR) is 88.8 cm³/mol. The van der Waals surface area contributed by atoms with Gasteiger partial charge >= 0.3 is 0 Å². The molecule has 1 saturated heterocycles. The van der Waals surface area contributed by atoms with E-state index in [0.29, 0.717) is 12.1 Å². The van der Waals surface area contributed by atoms with E-state index in [4.69, 9.17) is 0 Å². The SMILES string of the molecule is Cc1c(N2Cc3cccc(N4CCC(O)C4)c3C2)cn[nH]c1=O. The minimum Gasteiger partial charge on any atom is -0.391 e. The van der Waals surface area contributed by atoms with Crippen molar-refractivity contribution in [2.75, 3.05) is 22.9 Å². The van der Waals surface area contributed by atoms with Gasteiger partial charge in [-0.05, 0) is 30.5 Å². The second-order valence-corrected chi connectivity index (χ2v) is 6.37. The highest BCUT2D eigenvalue weighted by molar-refractivity contribution is 5.64. The maximum absolute atomic E-state index is 11.8. The largest absolute Gasteiger partial charge is 0.391 e. The van der Waals surface area contributed by atoms with Gasteiger partial charge < -0.3 is 14.9 Å². The molecule has 0 spiro atoms. The molecular formula is C17H20N4O2. The molecule has 1 atom stereocenters. The molecule has 23 heavy (non-hydrogen) atoms. The molecule has 1 aromatic heterocycles. The summed E-state index contributed by atoms with van der Waals surface area (Å²) < 4.78 is 0. The number of benzene rings is 1. The average molecular weight is 312 g/mol. The number of rotatable bonds is 2. The molecule has 3 heterocycles. The van der Waals surface area contributed by atoms with Gasteiger partial charge in [0.05, 0.1) is 18.0 Å². The maximum Gasteiger partial charge on any atom is 0.269 e. The van der Waals surface area contributed by atoms with Gasteiger partial charge in [0.25, 0.3) is 5.56 Å².